The molecule has 0 aliphatic heterocycles. The number of rotatable bonds is 3. The molecule has 6 nitrogen and oxygen atoms in total. The van der Waals surface area contributed by atoms with Crippen LogP contribution < -0.4 is 11.1 Å². The van der Waals surface area contributed by atoms with Crippen LogP contribution in [0.15, 0.2) is 24.0 Å². The van der Waals surface area contributed by atoms with Crippen molar-refractivity contribution in [3.63, 3.8) is 0 Å². The normalized spacial score (nSPS) is 10.8. The van der Waals surface area contributed by atoms with Gasteiger partial charge >= 0.3 is 0 Å². The second-order valence-corrected chi connectivity index (χ2v) is 4.44. The van der Waals surface area contributed by atoms with Gasteiger partial charge in [0.15, 0.2) is 0 Å². The quantitative estimate of drug-likeness (QED) is 0.653. The molecule has 4 N–H and O–H groups in total. The summed E-state index contributed by atoms with van der Waals surface area (Å²) in [5.74, 6) is 1.40. The standard InChI is InChI=1S/C10H10N6S/c11-9-6(4-15-16-9)3-12-10-8-7(1-2-17-8)13-5-14-10/h1-2,4-5H,3H2,(H3,11,15,16)(H,12,13,14). The van der Waals surface area contributed by atoms with Crippen molar-refractivity contribution < 1.29 is 0 Å². The number of nitrogen functional groups attached to an aromatic ring is 1. The highest BCUT2D eigenvalue weighted by Gasteiger charge is 2.06. The van der Waals surface area contributed by atoms with E-state index in [1.54, 1.807) is 23.9 Å². The van der Waals surface area contributed by atoms with Gasteiger partial charge < -0.3 is 11.1 Å². The zero-order valence-electron chi connectivity index (χ0n) is 8.84. The summed E-state index contributed by atoms with van der Waals surface area (Å²) in [6.07, 6.45) is 3.26. The molecule has 0 fully saturated rings. The molecule has 0 atom stereocenters. The van der Waals surface area contributed by atoms with E-state index >= 15 is 0 Å². The summed E-state index contributed by atoms with van der Waals surface area (Å²) in [6.45, 7) is 0.590. The summed E-state index contributed by atoms with van der Waals surface area (Å²) in [6, 6.07) is 1.97. The predicted octanol–water partition coefficient (Wildman–Crippen LogP) is 1.61. The van der Waals surface area contributed by atoms with Gasteiger partial charge in [0.1, 0.15) is 18.0 Å². The average molecular weight is 246 g/mol. The van der Waals surface area contributed by atoms with Gasteiger partial charge in [-0.2, -0.15) is 5.10 Å². The first-order valence-electron chi connectivity index (χ1n) is 5.04. The molecule has 7 heteroatoms. The number of fused-ring (bicyclic) bond motifs is 1. The number of nitrogens with one attached hydrogen (secondary N) is 2. The Balaban J connectivity index is 1.86. The van der Waals surface area contributed by atoms with Crippen molar-refractivity contribution in [3.8, 4) is 0 Å². The molecule has 0 aliphatic rings. The number of H-pyrrole nitrogens is 1. The Bertz CT molecular complexity index is 643. The Kier molecular flexibility index (Phi) is 2.37. The van der Waals surface area contributed by atoms with Crippen LogP contribution in [-0.2, 0) is 6.54 Å². The zero-order valence-corrected chi connectivity index (χ0v) is 9.66. The minimum Gasteiger partial charge on any atom is -0.384 e. The number of aromatic amines is 1. The van der Waals surface area contributed by atoms with E-state index in [0.717, 1.165) is 21.6 Å². The van der Waals surface area contributed by atoms with Crippen LogP contribution in [0.5, 0.6) is 0 Å². The van der Waals surface area contributed by atoms with Crippen LogP contribution in [0, 0.1) is 0 Å². The van der Waals surface area contributed by atoms with Gasteiger partial charge in [-0.15, -0.1) is 11.3 Å². The van der Waals surface area contributed by atoms with E-state index < -0.39 is 0 Å². The number of nitrogens with zero attached hydrogens (tertiary/aromatic N) is 3. The Labute approximate surface area is 101 Å². The Hall–Kier alpha value is -2.15. The molecule has 3 heterocycles. The summed E-state index contributed by atoms with van der Waals surface area (Å²) in [4.78, 5) is 8.41. The molecule has 3 rings (SSSR count). The number of anilines is 2. The van der Waals surface area contributed by atoms with Gasteiger partial charge in [-0.1, -0.05) is 0 Å². The Morgan fingerprint density at radius 2 is 2.35 bits per heavy atom. The second kappa shape index (κ2) is 4.02. The highest BCUT2D eigenvalue weighted by Crippen LogP contribution is 2.25. The predicted molar refractivity (Wildman–Crippen MR) is 67.7 cm³/mol. The van der Waals surface area contributed by atoms with E-state index in [0.29, 0.717) is 12.4 Å². The Morgan fingerprint density at radius 1 is 1.41 bits per heavy atom. The Morgan fingerprint density at radius 3 is 3.18 bits per heavy atom. The van der Waals surface area contributed by atoms with Crippen molar-refractivity contribution in [2.75, 3.05) is 11.1 Å². The van der Waals surface area contributed by atoms with Crippen molar-refractivity contribution in [2.45, 2.75) is 6.54 Å². The fraction of sp³-hybridized carbons (Fsp3) is 0.100. The number of hydrogen-bond donors (Lipinski definition) is 3. The molecule has 0 spiro atoms. The smallest absolute Gasteiger partial charge is 0.147 e. The molecule has 0 bridgehead atoms. The maximum atomic E-state index is 5.71. The van der Waals surface area contributed by atoms with E-state index in [2.05, 4.69) is 25.5 Å². The minimum atomic E-state index is 0.578. The van der Waals surface area contributed by atoms with Crippen LogP contribution in [0.25, 0.3) is 10.2 Å². The van der Waals surface area contributed by atoms with Crippen LogP contribution in [0.2, 0.25) is 0 Å². The third kappa shape index (κ3) is 1.80. The number of nitrogens with two attached hydrogens (primary N) is 1. The van der Waals surface area contributed by atoms with Crippen LogP contribution in [0.4, 0.5) is 11.6 Å². The summed E-state index contributed by atoms with van der Waals surface area (Å²) >= 11 is 1.61. The molecule has 0 amide bonds. The first kappa shape index (κ1) is 10.0. The number of thiophene rings is 1. The number of hydrogen-bond acceptors (Lipinski definition) is 6. The van der Waals surface area contributed by atoms with Crippen LogP contribution in [0.3, 0.4) is 0 Å². The monoisotopic (exact) mass is 246 g/mol. The molecule has 0 radical (unpaired) electrons. The molecule has 3 aromatic heterocycles. The van der Waals surface area contributed by atoms with Gasteiger partial charge in [-0.3, -0.25) is 5.10 Å². The topological polar surface area (TPSA) is 92.5 Å². The molecule has 0 saturated heterocycles. The third-order valence-corrected chi connectivity index (χ3v) is 3.35. The molecule has 86 valence electrons. The molecule has 3 aromatic rings. The molecular formula is C10H10N6S. The highest BCUT2D eigenvalue weighted by molar-refractivity contribution is 7.17. The largest absolute Gasteiger partial charge is 0.384 e. The number of aromatic nitrogens is 4. The molecule has 0 unspecified atom stereocenters. The minimum absolute atomic E-state index is 0.578. The fourth-order valence-electron chi connectivity index (χ4n) is 1.56. The molecule has 0 aromatic carbocycles. The lowest BCUT2D eigenvalue weighted by molar-refractivity contribution is 1.10. The van der Waals surface area contributed by atoms with Crippen molar-refractivity contribution in [1.82, 2.24) is 20.2 Å². The van der Waals surface area contributed by atoms with E-state index in [4.69, 9.17) is 5.73 Å². The van der Waals surface area contributed by atoms with Crippen LogP contribution in [0.1, 0.15) is 5.56 Å². The average Bonchev–Trinajstić information content (AvgIpc) is 2.95. The molecular weight excluding hydrogens is 236 g/mol. The third-order valence-electron chi connectivity index (χ3n) is 2.44. The second-order valence-electron chi connectivity index (χ2n) is 3.52. The van der Waals surface area contributed by atoms with Gasteiger partial charge in [0.2, 0.25) is 0 Å². The van der Waals surface area contributed by atoms with Crippen LogP contribution >= 0.6 is 11.3 Å². The lowest BCUT2D eigenvalue weighted by Crippen LogP contribution is -2.03. The van der Waals surface area contributed by atoms with Gasteiger partial charge in [0, 0.05) is 12.1 Å². The summed E-state index contributed by atoms with van der Waals surface area (Å²) in [5.41, 5.74) is 7.59. The van der Waals surface area contributed by atoms with Gasteiger partial charge in [-0.05, 0) is 11.4 Å². The summed E-state index contributed by atoms with van der Waals surface area (Å²) in [5, 5.41) is 11.8. The summed E-state index contributed by atoms with van der Waals surface area (Å²) in [7, 11) is 0. The maximum Gasteiger partial charge on any atom is 0.147 e. The first-order valence-corrected chi connectivity index (χ1v) is 5.92. The first-order chi connectivity index (χ1) is 8.34. The van der Waals surface area contributed by atoms with Crippen molar-refractivity contribution >= 4 is 33.2 Å². The van der Waals surface area contributed by atoms with Crippen molar-refractivity contribution in [1.29, 1.82) is 0 Å². The molecule has 17 heavy (non-hydrogen) atoms. The molecule has 0 saturated carbocycles. The fourth-order valence-corrected chi connectivity index (χ4v) is 2.37. The van der Waals surface area contributed by atoms with Crippen LogP contribution in [-0.4, -0.2) is 20.2 Å². The highest BCUT2D eigenvalue weighted by atomic mass is 32.1. The lowest BCUT2D eigenvalue weighted by atomic mass is 10.3. The van der Waals surface area contributed by atoms with Gasteiger partial charge in [-0.25, -0.2) is 9.97 Å². The molecule has 0 aliphatic carbocycles. The summed E-state index contributed by atoms with van der Waals surface area (Å²) < 4.78 is 1.05. The van der Waals surface area contributed by atoms with Gasteiger partial charge in [0.25, 0.3) is 0 Å². The lowest BCUT2D eigenvalue weighted by Gasteiger charge is -2.04. The SMILES string of the molecule is Nc1[nH]ncc1CNc1ncnc2ccsc12. The maximum absolute atomic E-state index is 5.71. The van der Waals surface area contributed by atoms with Gasteiger partial charge in [0.05, 0.1) is 16.4 Å². The zero-order chi connectivity index (χ0) is 11.7. The van der Waals surface area contributed by atoms with Crippen molar-refractivity contribution in [3.05, 3.63) is 29.5 Å². The van der Waals surface area contributed by atoms with E-state index in [9.17, 15) is 0 Å². The van der Waals surface area contributed by atoms with E-state index in [1.807, 2.05) is 11.4 Å². The van der Waals surface area contributed by atoms with Crippen molar-refractivity contribution in [2.24, 2.45) is 0 Å². The van der Waals surface area contributed by atoms with E-state index in [1.165, 1.54) is 0 Å². The van der Waals surface area contributed by atoms with E-state index in [-0.39, 0.29) is 0 Å².